The number of ether oxygens (including phenoxy) is 3. The van der Waals surface area contributed by atoms with E-state index >= 15 is 0 Å². The molecule has 5 nitrogen and oxygen atoms in total. The van der Waals surface area contributed by atoms with Crippen LogP contribution in [0.15, 0.2) is 46.8 Å². The fourth-order valence-electron chi connectivity index (χ4n) is 3.19. The molecule has 0 fully saturated rings. The molecule has 0 aromatic heterocycles. The van der Waals surface area contributed by atoms with Gasteiger partial charge in [-0.1, -0.05) is 29.8 Å². The lowest BCUT2D eigenvalue weighted by molar-refractivity contribution is 0.147. The third-order valence-electron chi connectivity index (χ3n) is 4.39. The van der Waals surface area contributed by atoms with Crippen molar-refractivity contribution >= 4 is 11.6 Å². The first kappa shape index (κ1) is 20.9. The Bertz CT molecular complexity index is 658. The molecular formula is C20H29ClN2O3. The molecule has 1 aliphatic heterocycles. The molecule has 1 atom stereocenters. The van der Waals surface area contributed by atoms with Crippen molar-refractivity contribution in [2.45, 2.75) is 19.8 Å². The highest BCUT2D eigenvalue weighted by molar-refractivity contribution is 6.31. The second-order valence-electron chi connectivity index (χ2n) is 6.14. The topological polar surface area (TPSA) is 65.7 Å². The summed E-state index contributed by atoms with van der Waals surface area (Å²) in [4.78, 5) is 0. The first-order chi connectivity index (χ1) is 12.6. The highest BCUT2D eigenvalue weighted by atomic mass is 35.5. The summed E-state index contributed by atoms with van der Waals surface area (Å²) in [5.41, 5.74) is 10.9. The molecule has 0 saturated carbocycles. The van der Waals surface area contributed by atoms with Crippen LogP contribution in [0.2, 0.25) is 5.02 Å². The molecule has 2 rings (SSSR count). The monoisotopic (exact) mass is 380 g/mol. The van der Waals surface area contributed by atoms with Crippen molar-refractivity contribution in [2.24, 2.45) is 5.73 Å². The first-order valence-electron chi connectivity index (χ1n) is 8.91. The Morgan fingerprint density at radius 3 is 2.54 bits per heavy atom. The fourth-order valence-corrected chi connectivity index (χ4v) is 3.43. The third-order valence-corrected chi connectivity index (χ3v) is 4.74. The van der Waals surface area contributed by atoms with Gasteiger partial charge in [-0.2, -0.15) is 0 Å². The Hall–Kier alpha value is -1.37. The second kappa shape index (κ2) is 10.7. The van der Waals surface area contributed by atoms with Gasteiger partial charge in [0, 0.05) is 42.6 Å². The lowest BCUT2D eigenvalue weighted by Crippen LogP contribution is -2.31. The van der Waals surface area contributed by atoms with Crippen LogP contribution in [0.1, 0.15) is 25.3 Å². The summed E-state index contributed by atoms with van der Waals surface area (Å²) >= 11 is 6.55. The lowest BCUT2D eigenvalue weighted by atomic mass is 9.81. The molecule has 0 amide bonds. The van der Waals surface area contributed by atoms with Crippen LogP contribution in [-0.4, -0.2) is 46.7 Å². The van der Waals surface area contributed by atoms with Gasteiger partial charge in [-0.05, 0) is 36.6 Å². The number of nitrogens with one attached hydrogen (secondary N) is 1. The minimum absolute atomic E-state index is 0.00655. The standard InChI is InChI=1S/C20H29ClN2O3/c1-4-25-12-17-19(13-26-10-9-22)23-14(2)16(11-24-3)20(17)15-7-5-6-8-18(15)21/h5-8,20,23H,4,9-13,22H2,1-3H3. The van der Waals surface area contributed by atoms with Gasteiger partial charge < -0.3 is 25.3 Å². The fraction of sp³-hybridized carbons (Fsp3) is 0.500. The van der Waals surface area contributed by atoms with Crippen LogP contribution in [0, 0.1) is 0 Å². The minimum Gasteiger partial charge on any atom is -0.380 e. The highest BCUT2D eigenvalue weighted by Gasteiger charge is 2.31. The maximum atomic E-state index is 6.55. The van der Waals surface area contributed by atoms with E-state index in [0.29, 0.717) is 39.6 Å². The van der Waals surface area contributed by atoms with Crippen LogP contribution in [0.5, 0.6) is 0 Å². The van der Waals surface area contributed by atoms with Gasteiger partial charge in [-0.3, -0.25) is 0 Å². The SMILES string of the molecule is CCOCC1=C(COCCN)NC(C)=C(COC)C1c1ccccc1Cl. The molecule has 6 heteroatoms. The van der Waals surface area contributed by atoms with Crippen LogP contribution in [0.25, 0.3) is 0 Å². The van der Waals surface area contributed by atoms with Crippen LogP contribution in [-0.2, 0) is 14.2 Å². The molecule has 0 bridgehead atoms. The van der Waals surface area contributed by atoms with Crippen molar-refractivity contribution in [2.75, 3.05) is 46.7 Å². The maximum absolute atomic E-state index is 6.55. The quantitative estimate of drug-likeness (QED) is 0.610. The zero-order valence-electron chi connectivity index (χ0n) is 15.8. The Morgan fingerprint density at radius 1 is 1.12 bits per heavy atom. The number of benzene rings is 1. The van der Waals surface area contributed by atoms with Crippen molar-refractivity contribution in [1.29, 1.82) is 0 Å². The Morgan fingerprint density at radius 2 is 1.88 bits per heavy atom. The Labute approximate surface area is 161 Å². The first-order valence-corrected chi connectivity index (χ1v) is 9.29. The van der Waals surface area contributed by atoms with E-state index in [1.165, 1.54) is 0 Å². The molecule has 1 aromatic carbocycles. The zero-order valence-corrected chi connectivity index (χ0v) is 16.6. The third kappa shape index (κ3) is 5.09. The van der Waals surface area contributed by atoms with Gasteiger partial charge in [0.15, 0.2) is 0 Å². The summed E-state index contributed by atoms with van der Waals surface area (Å²) in [6.07, 6.45) is 0. The molecule has 1 heterocycles. The lowest BCUT2D eigenvalue weighted by Gasteiger charge is -2.34. The normalized spacial score (nSPS) is 17.7. The van der Waals surface area contributed by atoms with Crippen LogP contribution >= 0.6 is 11.6 Å². The summed E-state index contributed by atoms with van der Waals surface area (Å²) in [7, 11) is 1.70. The number of allylic oxidation sites excluding steroid dienone is 1. The summed E-state index contributed by atoms with van der Waals surface area (Å²) < 4.78 is 17.0. The van der Waals surface area contributed by atoms with Gasteiger partial charge in [-0.25, -0.2) is 0 Å². The van der Waals surface area contributed by atoms with Crippen molar-refractivity contribution in [1.82, 2.24) is 5.32 Å². The molecule has 0 saturated heterocycles. The maximum Gasteiger partial charge on any atom is 0.0867 e. The Balaban J connectivity index is 2.50. The number of hydrogen-bond donors (Lipinski definition) is 2. The minimum atomic E-state index is -0.00655. The number of hydrogen-bond acceptors (Lipinski definition) is 5. The van der Waals surface area contributed by atoms with Crippen molar-refractivity contribution in [3.05, 3.63) is 57.4 Å². The van der Waals surface area contributed by atoms with E-state index in [-0.39, 0.29) is 5.92 Å². The van der Waals surface area contributed by atoms with Gasteiger partial charge in [0.25, 0.3) is 0 Å². The summed E-state index contributed by atoms with van der Waals surface area (Å²) in [6, 6.07) is 7.93. The molecular weight excluding hydrogens is 352 g/mol. The molecule has 1 unspecified atom stereocenters. The summed E-state index contributed by atoms with van der Waals surface area (Å²) in [5, 5.41) is 4.21. The second-order valence-corrected chi connectivity index (χ2v) is 6.55. The summed E-state index contributed by atoms with van der Waals surface area (Å²) in [6.45, 7) is 7.16. The van der Waals surface area contributed by atoms with E-state index in [4.69, 9.17) is 31.5 Å². The molecule has 0 aliphatic carbocycles. The summed E-state index contributed by atoms with van der Waals surface area (Å²) in [5.74, 6) is -0.00655. The highest BCUT2D eigenvalue weighted by Crippen LogP contribution is 2.40. The van der Waals surface area contributed by atoms with E-state index < -0.39 is 0 Å². The molecule has 144 valence electrons. The molecule has 26 heavy (non-hydrogen) atoms. The number of dihydropyridines is 1. The largest absolute Gasteiger partial charge is 0.380 e. The van der Waals surface area contributed by atoms with Crippen LogP contribution in [0.3, 0.4) is 0 Å². The van der Waals surface area contributed by atoms with Crippen LogP contribution in [0.4, 0.5) is 0 Å². The van der Waals surface area contributed by atoms with Crippen molar-refractivity contribution in [3.8, 4) is 0 Å². The van der Waals surface area contributed by atoms with Gasteiger partial charge in [-0.15, -0.1) is 0 Å². The molecule has 1 aliphatic rings. The van der Waals surface area contributed by atoms with E-state index in [9.17, 15) is 0 Å². The number of methoxy groups -OCH3 is 1. The van der Waals surface area contributed by atoms with E-state index in [0.717, 1.165) is 33.1 Å². The van der Waals surface area contributed by atoms with E-state index in [1.807, 2.05) is 25.1 Å². The zero-order chi connectivity index (χ0) is 18.9. The number of nitrogens with two attached hydrogens (primary N) is 1. The van der Waals surface area contributed by atoms with Gasteiger partial charge >= 0.3 is 0 Å². The molecule has 1 aromatic rings. The molecule has 0 radical (unpaired) electrons. The van der Waals surface area contributed by atoms with E-state index in [1.54, 1.807) is 7.11 Å². The number of halogens is 1. The molecule has 3 N–H and O–H groups in total. The smallest absolute Gasteiger partial charge is 0.0867 e. The van der Waals surface area contributed by atoms with E-state index in [2.05, 4.69) is 18.3 Å². The average Bonchev–Trinajstić information content (AvgIpc) is 2.63. The Kier molecular flexibility index (Phi) is 8.62. The predicted molar refractivity (Wildman–Crippen MR) is 105 cm³/mol. The van der Waals surface area contributed by atoms with Gasteiger partial charge in [0.05, 0.1) is 26.4 Å². The van der Waals surface area contributed by atoms with Crippen molar-refractivity contribution < 1.29 is 14.2 Å². The number of rotatable bonds is 10. The van der Waals surface area contributed by atoms with Gasteiger partial charge in [0.1, 0.15) is 0 Å². The average molecular weight is 381 g/mol. The molecule has 0 spiro atoms. The van der Waals surface area contributed by atoms with Crippen molar-refractivity contribution in [3.63, 3.8) is 0 Å². The van der Waals surface area contributed by atoms with Gasteiger partial charge in [0.2, 0.25) is 0 Å². The predicted octanol–water partition coefficient (Wildman–Crippen LogP) is 3.21. The van der Waals surface area contributed by atoms with Crippen LogP contribution < -0.4 is 11.1 Å².